The summed E-state index contributed by atoms with van der Waals surface area (Å²) >= 11 is 0. The van der Waals surface area contributed by atoms with E-state index < -0.39 is 12.0 Å². The standard InChI is InChI=1S/C17H28O4/c1-6-15-10(2)7-8-14(18)11(3)9-12(4)16(19)13(5)17(20)21-15/h7-8,10-13,15-16,19H,6,9H2,1-5H3/b8-7+/t10-,11-,12+,13-,15-,16+/m1/s1. The third-order valence-electron chi connectivity index (χ3n) is 4.50. The van der Waals surface area contributed by atoms with Crippen LogP contribution in [-0.2, 0) is 14.3 Å². The van der Waals surface area contributed by atoms with E-state index in [2.05, 4.69) is 0 Å². The second-order valence-electron chi connectivity index (χ2n) is 6.40. The molecule has 0 radical (unpaired) electrons. The number of hydrogen-bond donors (Lipinski definition) is 1. The smallest absolute Gasteiger partial charge is 0.311 e. The fourth-order valence-corrected chi connectivity index (χ4v) is 2.80. The number of ether oxygens (including phenoxy) is 1. The van der Waals surface area contributed by atoms with Crippen molar-refractivity contribution >= 4 is 11.8 Å². The maximum absolute atomic E-state index is 12.2. The van der Waals surface area contributed by atoms with Gasteiger partial charge in [-0.05, 0) is 31.8 Å². The Morgan fingerprint density at radius 2 is 1.86 bits per heavy atom. The van der Waals surface area contributed by atoms with Crippen LogP contribution in [0.4, 0.5) is 0 Å². The van der Waals surface area contributed by atoms with Crippen LogP contribution in [0.5, 0.6) is 0 Å². The predicted octanol–water partition coefficient (Wildman–Crippen LogP) is 2.74. The molecular formula is C17H28O4. The van der Waals surface area contributed by atoms with Crippen LogP contribution in [-0.4, -0.2) is 29.1 Å². The van der Waals surface area contributed by atoms with Crippen molar-refractivity contribution in [1.29, 1.82) is 0 Å². The number of cyclic esters (lactones) is 1. The molecule has 1 rings (SSSR count). The Hall–Kier alpha value is -1.16. The lowest BCUT2D eigenvalue weighted by Gasteiger charge is -2.29. The topological polar surface area (TPSA) is 63.6 Å². The number of carbonyl (C=O) groups is 2. The minimum Gasteiger partial charge on any atom is -0.461 e. The van der Waals surface area contributed by atoms with Gasteiger partial charge in [0, 0.05) is 11.8 Å². The van der Waals surface area contributed by atoms with E-state index in [-0.39, 0.29) is 35.6 Å². The van der Waals surface area contributed by atoms with Crippen LogP contribution in [0.3, 0.4) is 0 Å². The van der Waals surface area contributed by atoms with E-state index in [4.69, 9.17) is 4.74 Å². The monoisotopic (exact) mass is 296 g/mol. The van der Waals surface area contributed by atoms with E-state index in [0.29, 0.717) is 12.8 Å². The Balaban J connectivity index is 3.04. The third-order valence-corrected chi connectivity index (χ3v) is 4.50. The van der Waals surface area contributed by atoms with Gasteiger partial charge in [0.2, 0.25) is 0 Å². The minimum atomic E-state index is -0.788. The number of allylic oxidation sites excluding steroid dienone is 1. The number of hydrogen-bond acceptors (Lipinski definition) is 4. The molecule has 0 amide bonds. The highest BCUT2D eigenvalue weighted by Crippen LogP contribution is 2.25. The van der Waals surface area contributed by atoms with Gasteiger partial charge < -0.3 is 9.84 Å². The average Bonchev–Trinajstić information content (AvgIpc) is 2.46. The van der Waals surface area contributed by atoms with Crippen LogP contribution in [0.2, 0.25) is 0 Å². The van der Waals surface area contributed by atoms with Crippen LogP contribution in [0.25, 0.3) is 0 Å². The number of aliphatic hydroxyl groups is 1. The summed E-state index contributed by atoms with van der Waals surface area (Å²) in [5.74, 6) is -1.17. The zero-order valence-corrected chi connectivity index (χ0v) is 13.7. The van der Waals surface area contributed by atoms with Gasteiger partial charge in [0.15, 0.2) is 5.78 Å². The van der Waals surface area contributed by atoms with Gasteiger partial charge in [-0.2, -0.15) is 0 Å². The molecule has 0 aromatic carbocycles. The number of ketones is 1. The number of rotatable bonds is 1. The van der Waals surface area contributed by atoms with Gasteiger partial charge >= 0.3 is 5.97 Å². The highest BCUT2D eigenvalue weighted by atomic mass is 16.5. The molecule has 0 aliphatic carbocycles. The molecule has 1 aliphatic rings. The average molecular weight is 296 g/mol. The normalized spacial score (nSPS) is 40.9. The molecule has 0 aromatic heterocycles. The predicted molar refractivity (Wildman–Crippen MR) is 81.6 cm³/mol. The van der Waals surface area contributed by atoms with E-state index in [0.717, 1.165) is 0 Å². The highest BCUT2D eigenvalue weighted by Gasteiger charge is 2.32. The lowest BCUT2D eigenvalue weighted by molar-refractivity contribution is -0.160. The maximum atomic E-state index is 12.2. The van der Waals surface area contributed by atoms with E-state index in [1.807, 2.05) is 33.8 Å². The fourth-order valence-electron chi connectivity index (χ4n) is 2.80. The first-order valence-corrected chi connectivity index (χ1v) is 7.88. The summed E-state index contributed by atoms with van der Waals surface area (Å²) in [6, 6.07) is 0. The van der Waals surface area contributed by atoms with Crippen molar-refractivity contribution in [3.05, 3.63) is 12.2 Å². The Kier molecular flexibility index (Phi) is 6.59. The van der Waals surface area contributed by atoms with E-state index in [9.17, 15) is 14.7 Å². The van der Waals surface area contributed by atoms with E-state index in [1.165, 1.54) is 0 Å². The largest absolute Gasteiger partial charge is 0.461 e. The summed E-state index contributed by atoms with van der Waals surface area (Å²) in [5.41, 5.74) is 0. The van der Waals surface area contributed by atoms with Gasteiger partial charge in [0.05, 0.1) is 12.0 Å². The van der Waals surface area contributed by atoms with Crippen LogP contribution < -0.4 is 0 Å². The van der Waals surface area contributed by atoms with E-state index in [1.54, 1.807) is 13.0 Å². The molecule has 6 atom stereocenters. The Labute approximate surface area is 127 Å². The van der Waals surface area contributed by atoms with Crippen LogP contribution in [0.15, 0.2) is 12.2 Å². The van der Waals surface area contributed by atoms with Gasteiger partial charge in [-0.15, -0.1) is 0 Å². The summed E-state index contributed by atoms with van der Waals surface area (Å²) in [4.78, 5) is 24.3. The summed E-state index contributed by atoms with van der Waals surface area (Å²) in [7, 11) is 0. The quantitative estimate of drug-likeness (QED) is 0.756. The molecule has 1 aliphatic heterocycles. The van der Waals surface area contributed by atoms with Gasteiger partial charge in [0.1, 0.15) is 6.10 Å². The first-order chi connectivity index (χ1) is 9.77. The summed E-state index contributed by atoms with van der Waals surface area (Å²) < 4.78 is 5.52. The lowest BCUT2D eigenvalue weighted by Crippen LogP contribution is -2.37. The summed E-state index contributed by atoms with van der Waals surface area (Å²) in [6.07, 6.45) is 3.61. The Morgan fingerprint density at radius 1 is 1.24 bits per heavy atom. The van der Waals surface area contributed by atoms with Gasteiger partial charge in [-0.1, -0.05) is 33.8 Å². The molecule has 120 valence electrons. The fraction of sp³-hybridized carbons (Fsp3) is 0.765. The van der Waals surface area contributed by atoms with Crippen LogP contribution in [0, 0.1) is 23.7 Å². The van der Waals surface area contributed by atoms with Crippen LogP contribution >= 0.6 is 0 Å². The molecule has 0 bridgehead atoms. The van der Waals surface area contributed by atoms with Crippen molar-refractivity contribution in [3.8, 4) is 0 Å². The molecule has 0 fully saturated rings. The van der Waals surface area contributed by atoms with Crippen molar-refractivity contribution in [2.45, 2.75) is 59.7 Å². The number of aliphatic hydroxyl groups excluding tert-OH is 1. The molecular weight excluding hydrogens is 268 g/mol. The zero-order chi connectivity index (χ0) is 16.2. The molecule has 4 nitrogen and oxygen atoms in total. The molecule has 0 unspecified atom stereocenters. The highest BCUT2D eigenvalue weighted by molar-refractivity contribution is 5.91. The first-order valence-electron chi connectivity index (χ1n) is 7.88. The third kappa shape index (κ3) is 4.67. The molecule has 0 spiro atoms. The second-order valence-corrected chi connectivity index (χ2v) is 6.40. The molecule has 0 saturated heterocycles. The van der Waals surface area contributed by atoms with Crippen molar-refractivity contribution in [1.82, 2.24) is 0 Å². The van der Waals surface area contributed by atoms with Crippen molar-refractivity contribution < 1.29 is 19.4 Å². The van der Waals surface area contributed by atoms with Crippen molar-refractivity contribution in [3.63, 3.8) is 0 Å². The molecule has 4 heteroatoms. The molecule has 21 heavy (non-hydrogen) atoms. The summed E-state index contributed by atoms with van der Waals surface area (Å²) in [5, 5.41) is 10.3. The molecule has 0 aromatic rings. The molecule has 1 heterocycles. The maximum Gasteiger partial charge on any atom is 0.311 e. The Morgan fingerprint density at radius 3 is 2.43 bits per heavy atom. The number of carbonyl (C=O) groups excluding carboxylic acids is 2. The number of esters is 1. The van der Waals surface area contributed by atoms with Gasteiger partial charge in [-0.25, -0.2) is 0 Å². The van der Waals surface area contributed by atoms with E-state index >= 15 is 0 Å². The van der Waals surface area contributed by atoms with Crippen molar-refractivity contribution in [2.75, 3.05) is 0 Å². The molecule has 0 saturated carbocycles. The second kappa shape index (κ2) is 7.74. The SMILES string of the molecule is CC[C@H]1OC(=O)[C@H](C)[C@@H](O)[C@@H](C)C[C@@H](C)C(=O)/C=C/[C@H]1C. The summed E-state index contributed by atoms with van der Waals surface area (Å²) in [6.45, 7) is 9.31. The van der Waals surface area contributed by atoms with Crippen molar-refractivity contribution in [2.24, 2.45) is 23.7 Å². The zero-order valence-electron chi connectivity index (χ0n) is 13.7. The minimum absolute atomic E-state index is 0.0173. The molecule has 1 N–H and O–H groups in total. The first kappa shape index (κ1) is 17.9. The van der Waals surface area contributed by atoms with Gasteiger partial charge in [-0.3, -0.25) is 9.59 Å². The Bertz CT molecular complexity index is 402. The van der Waals surface area contributed by atoms with Crippen LogP contribution in [0.1, 0.15) is 47.5 Å². The lowest BCUT2D eigenvalue weighted by atomic mass is 9.84. The van der Waals surface area contributed by atoms with Gasteiger partial charge in [0.25, 0.3) is 0 Å².